The summed E-state index contributed by atoms with van der Waals surface area (Å²) in [5.41, 5.74) is -0.968. The molecule has 0 fully saturated rings. The molecule has 106 valence electrons. The molecule has 0 radical (unpaired) electrons. The summed E-state index contributed by atoms with van der Waals surface area (Å²) in [7, 11) is -3.78. The van der Waals surface area contributed by atoms with Crippen LogP contribution in [0.5, 0.6) is 0 Å². The third-order valence-corrected chi connectivity index (χ3v) is 3.62. The van der Waals surface area contributed by atoms with Crippen molar-refractivity contribution in [2.45, 2.75) is 11.8 Å². The molecule has 1 amide bonds. The molecule has 0 aliphatic rings. The number of rotatable bonds is 5. The molecule has 5 N–H and O–H groups in total. The van der Waals surface area contributed by atoms with Crippen molar-refractivity contribution in [1.29, 1.82) is 0 Å². The van der Waals surface area contributed by atoms with Gasteiger partial charge in [-0.25, -0.2) is 13.6 Å². The maximum Gasteiger partial charge on any atom is 0.238 e. The SMILES string of the molecule is CC(CO)(CO)C(=O)Nc1ccc(S(N)(=O)=O)cc1. The first-order valence-electron chi connectivity index (χ1n) is 5.39. The number of aliphatic hydroxyl groups is 2. The van der Waals surface area contributed by atoms with Crippen LogP contribution < -0.4 is 10.5 Å². The van der Waals surface area contributed by atoms with E-state index in [4.69, 9.17) is 15.4 Å². The van der Waals surface area contributed by atoms with Gasteiger partial charge in [0.15, 0.2) is 0 Å². The number of sulfonamides is 1. The lowest BCUT2D eigenvalue weighted by Crippen LogP contribution is -2.39. The number of amides is 1. The minimum absolute atomic E-state index is 0.0717. The molecule has 0 aliphatic carbocycles. The van der Waals surface area contributed by atoms with Gasteiger partial charge in [0.25, 0.3) is 0 Å². The normalized spacial score (nSPS) is 12.2. The van der Waals surface area contributed by atoms with Gasteiger partial charge in [0.1, 0.15) is 0 Å². The maximum absolute atomic E-state index is 11.8. The van der Waals surface area contributed by atoms with Crippen LogP contribution in [0, 0.1) is 5.41 Å². The van der Waals surface area contributed by atoms with Crippen LogP contribution in [0.25, 0.3) is 0 Å². The van der Waals surface area contributed by atoms with Crippen molar-refractivity contribution in [1.82, 2.24) is 0 Å². The summed E-state index contributed by atoms with van der Waals surface area (Å²) >= 11 is 0. The van der Waals surface area contributed by atoms with Crippen molar-refractivity contribution in [2.24, 2.45) is 10.6 Å². The standard InChI is InChI=1S/C11H16N2O5S/c1-11(6-14,7-15)10(16)13-8-2-4-9(5-3-8)19(12,17)18/h2-5,14-15H,6-7H2,1H3,(H,13,16)(H2,12,17,18). The number of hydrogen-bond acceptors (Lipinski definition) is 5. The fourth-order valence-electron chi connectivity index (χ4n) is 1.20. The largest absolute Gasteiger partial charge is 0.395 e. The van der Waals surface area contributed by atoms with Gasteiger partial charge in [-0.1, -0.05) is 0 Å². The monoisotopic (exact) mass is 288 g/mol. The fourth-order valence-corrected chi connectivity index (χ4v) is 1.72. The second kappa shape index (κ2) is 5.66. The Bertz CT molecular complexity index is 549. The average Bonchev–Trinajstić information content (AvgIpc) is 2.37. The Hall–Kier alpha value is -1.48. The van der Waals surface area contributed by atoms with E-state index >= 15 is 0 Å². The molecule has 0 unspecified atom stereocenters. The van der Waals surface area contributed by atoms with Crippen molar-refractivity contribution in [3.05, 3.63) is 24.3 Å². The zero-order chi connectivity index (χ0) is 14.7. The highest BCUT2D eigenvalue weighted by molar-refractivity contribution is 7.89. The minimum Gasteiger partial charge on any atom is -0.395 e. The molecule has 1 aromatic rings. The summed E-state index contributed by atoms with van der Waals surface area (Å²) in [5, 5.41) is 25.5. The van der Waals surface area contributed by atoms with Gasteiger partial charge >= 0.3 is 0 Å². The van der Waals surface area contributed by atoms with E-state index in [9.17, 15) is 13.2 Å². The van der Waals surface area contributed by atoms with Gasteiger partial charge in [-0.2, -0.15) is 0 Å². The summed E-state index contributed by atoms with van der Waals surface area (Å²) in [5.74, 6) is -0.569. The van der Waals surface area contributed by atoms with Crippen LogP contribution in [0.4, 0.5) is 5.69 Å². The molecule has 0 saturated heterocycles. The van der Waals surface area contributed by atoms with Crippen LogP contribution >= 0.6 is 0 Å². The first-order chi connectivity index (χ1) is 8.73. The Morgan fingerprint density at radius 1 is 1.26 bits per heavy atom. The Balaban J connectivity index is 2.88. The molecule has 7 nitrogen and oxygen atoms in total. The quantitative estimate of drug-likeness (QED) is 0.567. The van der Waals surface area contributed by atoms with E-state index in [-0.39, 0.29) is 4.90 Å². The zero-order valence-corrected chi connectivity index (χ0v) is 11.1. The van der Waals surface area contributed by atoms with Crippen molar-refractivity contribution < 1.29 is 23.4 Å². The van der Waals surface area contributed by atoms with Crippen molar-refractivity contribution in [2.75, 3.05) is 18.5 Å². The van der Waals surface area contributed by atoms with E-state index in [0.717, 1.165) is 0 Å². The second-order valence-corrected chi connectivity index (χ2v) is 5.96. The predicted molar refractivity (Wildman–Crippen MR) is 68.7 cm³/mol. The lowest BCUT2D eigenvalue weighted by molar-refractivity contribution is -0.129. The van der Waals surface area contributed by atoms with E-state index < -0.39 is 34.6 Å². The first-order valence-corrected chi connectivity index (χ1v) is 6.93. The molecule has 0 aromatic heterocycles. The van der Waals surface area contributed by atoms with Gasteiger partial charge in [0.2, 0.25) is 15.9 Å². The van der Waals surface area contributed by atoms with Gasteiger partial charge in [-0.3, -0.25) is 4.79 Å². The summed E-state index contributed by atoms with van der Waals surface area (Å²) in [6.07, 6.45) is 0. The highest BCUT2D eigenvalue weighted by Crippen LogP contribution is 2.19. The summed E-state index contributed by atoms with van der Waals surface area (Å²) < 4.78 is 22.1. The third kappa shape index (κ3) is 3.74. The molecule has 1 rings (SSSR count). The lowest BCUT2D eigenvalue weighted by Gasteiger charge is -2.23. The molecule has 1 aromatic carbocycles. The Kier molecular flexibility index (Phi) is 4.64. The molecule has 0 saturated carbocycles. The van der Waals surface area contributed by atoms with Crippen molar-refractivity contribution in [3.8, 4) is 0 Å². The van der Waals surface area contributed by atoms with Crippen LogP contribution in [-0.4, -0.2) is 37.8 Å². The number of nitrogens with two attached hydrogens (primary N) is 1. The fraction of sp³-hybridized carbons (Fsp3) is 0.364. The van der Waals surface area contributed by atoms with E-state index in [0.29, 0.717) is 5.69 Å². The lowest BCUT2D eigenvalue weighted by atomic mass is 9.92. The molecule has 19 heavy (non-hydrogen) atoms. The molecule has 0 aliphatic heterocycles. The van der Waals surface area contributed by atoms with Crippen molar-refractivity contribution in [3.63, 3.8) is 0 Å². The summed E-state index contributed by atoms with van der Waals surface area (Å²) in [6.45, 7) is 0.385. The van der Waals surface area contributed by atoms with Crippen LogP contribution in [-0.2, 0) is 14.8 Å². The highest BCUT2D eigenvalue weighted by atomic mass is 32.2. The van der Waals surface area contributed by atoms with Crippen LogP contribution in [0.2, 0.25) is 0 Å². The minimum atomic E-state index is -3.78. The number of anilines is 1. The second-order valence-electron chi connectivity index (χ2n) is 4.40. The van der Waals surface area contributed by atoms with Gasteiger partial charge in [0, 0.05) is 5.69 Å². The van der Waals surface area contributed by atoms with Crippen LogP contribution in [0.3, 0.4) is 0 Å². The molecular formula is C11H16N2O5S. The van der Waals surface area contributed by atoms with Gasteiger partial charge in [0.05, 0.1) is 23.5 Å². The van der Waals surface area contributed by atoms with Crippen LogP contribution in [0.1, 0.15) is 6.92 Å². The number of benzene rings is 1. The number of carbonyl (C=O) groups is 1. The maximum atomic E-state index is 11.8. The Morgan fingerprint density at radius 3 is 2.11 bits per heavy atom. The van der Waals surface area contributed by atoms with E-state index in [2.05, 4.69) is 5.32 Å². The number of nitrogens with one attached hydrogen (secondary N) is 1. The summed E-state index contributed by atoms with van der Waals surface area (Å²) in [6, 6.07) is 5.24. The third-order valence-electron chi connectivity index (χ3n) is 2.69. The number of primary sulfonamides is 1. The number of aliphatic hydroxyl groups excluding tert-OH is 2. The predicted octanol–water partition coefficient (Wildman–Crippen LogP) is -0.737. The van der Waals surface area contributed by atoms with Gasteiger partial charge in [-0.05, 0) is 31.2 Å². The van der Waals surface area contributed by atoms with Crippen molar-refractivity contribution >= 4 is 21.6 Å². The number of carbonyl (C=O) groups excluding carboxylic acids is 1. The summed E-state index contributed by atoms with van der Waals surface area (Å²) in [4.78, 5) is 11.7. The van der Waals surface area contributed by atoms with E-state index in [1.54, 1.807) is 0 Å². The van der Waals surface area contributed by atoms with Crippen LogP contribution in [0.15, 0.2) is 29.2 Å². The molecule has 0 bridgehead atoms. The molecular weight excluding hydrogens is 272 g/mol. The number of hydrogen-bond donors (Lipinski definition) is 4. The van der Waals surface area contributed by atoms with Gasteiger partial charge in [-0.15, -0.1) is 0 Å². The molecule has 0 atom stereocenters. The molecule has 0 heterocycles. The first kappa shape index (κ1) is 15.6. The highest BCUT2D eigenvalue weighted by Gasteiger charge is 2.31. The Labute approximate surface area is 111 Å². The molecule has 0 spiro atoms. The average molecular weight is 288 g/mol. The van der Waals surface area contributed by atoms with E-state index in [1.165, 1.54) is 31.2 Å². The smallest absolute Gasteiger partial charge is 0.238 e. The van der Waals surface area contributed by atoms with E-state index in [1.807, 2.05) is 0 Å². The van der Waals surface area contributed by atoms with Gasteiger partial charge < -0.3 is 15.5 Å². The topological polar surface area (TPSA) is 130 Å². The zero-order valence-electron chi connectivity index (χ0n) is 10.3. The molecule has 8 heteroatoms. The Morgan fingerprint density at radius 2 is 1.74 bits per heavy atom.